The smallest absolute Gasteiger partial charge is 0.00488 e. The van der Waals surface area contributed by atoms with Crippen LogP contribution in [-0.2, 0) is 0 Å². The third-order valence-electron chi connectivity index (χ3n) is 2.58. The van der Waals surface area contributed by atoms with Gasteiger partial charge in [0.2, 0.25) is 0 Å². The fraction of sp³-hybridized carbons (Fsp3) is 0.800. The van der Waals surface area contributed by atoms with Crippen molar-refractivity contribution in [1.29, 1.82) is 0 Å². The minimum absolute atomic E-state index is 0.791. The number of rotatable bonds is 1. The van der Waals surface area contributed by atoms with Crippen LogP contribution in [0.25, 0.3) is 0 Å². The van der Waals surface area contributed by atoms with Crippen molar-refractivity contribution < 1.29 is 0 Å². The van der Waals surface area contributed by atoms with Crippen molar-refractivity contribution in [2.75, 3.05) is 6.54 Å². The van der Waals surface area contributed by atoms with Gasteiger partial charge in [-0.05, 0) is 51.5 Å². The van der Waals surface area contributed by atoms with E-state index in [0.717, 1.165) is 12.5 Å². The molecule has 1 unspecified atom stereocenters. The predicted molar refractivity (Wildman–Crippen MR) is 49.4 cm³/mol. The van der Waals surface area contributed by atoms with Gasteiger partial charge in [0.1, 0.15) is 0 Å². The van der Waals surface area contributed by atoms with E-state index in [4.69, 9.17) is 5.73 Å². The molecule has 0 bridgehead atoms. The van der Waals surface area contributed by atoms with Gasteiger partial charge < -0.3 is 5.73 Å². The molecule has 0 saturated carbocycles. The lowest BCUT2D eigenvalue weighted by molar-refractivity contribution is 0.441. The molecule has 0 aliphatic heterocycles. The molecule has 0 fully saturated rings. The van der Waals surface area contributed by atoms with Crippen molar-refractivity contribution in [3.63, 3.8) is 0 Å². The summed E-state index contributed by atoms with van der Waals surface area (Å²) >= 11 is 0. The van der Waals surface area contributed by atoms with Crippen LogP contribution in [-0.4, -0.2) is 6.54 Å². The third-order valence-corrected chi connectivity index (χ3v) is 2.58. The minimum atomic E-state index is 0.791. The molecule has 0 radical (unpaired) electrons. The maximum atomic E-state index is 5.64. The summed E-state index contributed by atoms with van der Waals surface area (Å²) in [6.45, 7) is 3.12. The zero-order chi connectivity index (χ0) is 8.10. The van der Waals surface area contributed by atoms with Crippen LogP contribution in [0.2, 0.25) is 0 Å². The van der Waals surface area contributed by atoms with Crippen LogP contribution in [0.5, 0.6) is 0 Å². The molecule has 1 atom stereocenters. The first-order valence-corrected chi connectivity index (χ1v) is 4.68. The summed E-state index contributed by atoms with van der Waals surface area (Å²) in [5.41, 5.74) is 7.21. The van der Waals surface area contributed by atoms with Crippen LogP contribution in [0, 0.1) is 5.92 Å². The Kier molecular flexibility index (Phi) is 3.64. The summed E-state index contributed by atoms with van der Waals surface area (Å²) in [6, 6.07) is 0. The largest absolute Gasteiger partial charge is 0.330 e. The summed E-state index contributed by atoms with van der Waals surface area (Å²) in [5, 5.41) is 0. The Hall–Kier alpha value is -0.300. The van der Waals surface area contributed by atoms with Crippen LogP contribution in [0.3, 0.4) is 0 Å². The van der Waals surface area contributed by atoms with Crippen molar-refractivity contribution in [2.24, 2.45) is 11.7 Å². The van der Waals surface area contributed by atoms with E-state index in [2.05, 4.69) is 13.0 Å². The quantitative estimate of drug-likeness (QED) is 0.575. The number of allylic oxidation sites excluding steroid dienone is 2. The van der Waals surface area contributed by atoms with Crippen LogP contribution in [0.4, 0.5) is 0 Å². The van der Waals surface area contributed by atoms with Gasteiger partial charge in [0.15, 0.2) is 0 Å². The van der Waals surface area contributed by atoms with E-state index in [-0.39, 0.29) is 0 Å². The highest BCUT2D eigenvalue weighted by atomic mass is 14.5. The van der Waals surface area contributed by atoms with Gasteiger partial charge in [0.05, 0.1) is 0 Å². The van der Waals surface area contributed by atoms with E-state index in [9.17, 15) is 0 Å². The standard InChI is InChI=1S/C10H19N/c1-9-4-2-6-10(8-11)7-3-5-9/h4,10H,2-3,5-8,11H2,1H3/b9-4-. The number of hydrogen-bond acceptors (Lipinski definition) is 1. The SMILES string of the molecule is C/C1=C/CCC(CN)CCC1. The van der Waals surface area contributed by atoms with E-state index in [1.165, 1.54) is 32.1 Å². The average Bonchev–Trinajstić information content (AvgIpc) is 1.96. The average molecular weight is 153 g/mol. The minimum Gasteiger partial charge on any atom is -0.330 e. The summed E-state index contributed by atoms with van der Waals surface area (Å²) in [7, 11) is 0. The number of hydrogen-bond donors (Lipinski definition) is 1. The molecule has 64 valence electrons. The predicted octanol–water partition coefficient (Wildman–Crippen LogP) is 2.47. The molecule has 0 heterocycles. The lowest BCUT2D eigenvalue weighted by Gasteiger charge is -2.16. The van der Waals surface area contributed by atoms with E-state index in [1.54, 1.807) is 5.57 Å². The Balaban J connectivity index is 2.37. The Bertz CT molecular complexity index is 138. The molecule has 0 aromatic rings. The van der Waals surface area contributed by atoms with Crippen molar-refractivity contribution >= 4 is 0 Å². The first-order valence-electron chi connectivity index (χ1n) is 4.68. The second-order valence-electron chi connectivity index (χ2n) is 3.62. The lowest BCUT2D eigenvalue weighted by Crippen LogP contribution is -2.14. The topological polar surface area (TPSA) is 26.0 Å². The molecule has 1 aliphatic carbocycles. The van der Waals surface area contributed by atoms with Crippen LogP contribution in [0.15, 0.2) is 11.6 Å². The highest BCUT2D eigenvalue weighted by Gasteiger charge is 2.07. The van der Waals surface area contributed by atoms with Gasteiger partial charge in [-0.1, -0.05) is 11.6 Å². The molecule has 11 heavy (non-hydrogen) atoms. The fourth-order valence-corrected chi connectivity index (χ4v) is 1.72. The molecule has 1 heteroatoms. The zero-order valence-electron chi connectivity index (χ0n) is 7.47. The molecule has 0 amide bonds. The van der Waals surface area contributed by atoms with Crippen molar-refractivity contribution in [3.05, 3.63) is 11.6 Å². The highest BCUT2D eigenvalue weighted by Crippen LogP contribution is 2.20. The molecule has 0 spiro atoms. The zero-order valence-corrected chi connectivity index (χ0v) is 7.47. The fourth-order valence-electron chi connectivity index (χ4n) is 1.72. The summed E-state index contributed by atoms with van der Waals surface area (Å²) < 4.78 is 0. The second kappa shape index (κ2) is 4.55. The molecule has 1 rings (SSSR count). The van der Waals surface area contributed by atoms with Gasteiger partial charge in [0, 0.05) is 0 Å². The molecule has 1 aliphatic rings. The monoisotopic (exact) mass is 153 g/mol. The maximum absolute atomic E-state index is 5.64. The highest BCUT2D eigenvalue weighted by molar-refractivity contribution is 4.99. The normalized spacial score (nSPS) is 31.8. The van der Waals surface area contributed by atoms with Gasteiger partial charge in [-0.25, -0.2) is 0 Å². The van der Waals surface area contributed by atoms with Crippen LogP contribution in [0.1, 0.15) is 39.0 Å². The summed E-state index contributed by atoms with van der Waals surface area (Å²) in [4.78, 5) is 0. The molecule has 0 aromatic heterocycles. The van der Waals surface area contributed by atoms with Crippen molar-refractivity contribution in [1.82, 2.24) is 0 Å². The number of nitrogens with two attached hydrogens (primary N) is 1. The summed E-state index contributed by atoms with van der Waals surface area (Å²) in [5.74, 6) is 0.791. The maximum Gasteiger partial charge on any atom is -0.00488 e. The molecule has 2 N–H and O–H groups in total. The third kappa shape index (κ3) is 3.06. The van der Waals surface area contributed by atoms with Crippen LogP contribution >= 0.6 is 0 Å². The van der Waals surface area contributed by atoms with Crippen molar-refractivity contribution in [2.45, 2.75) is 39.0 Å². The molecular formula is C10H19N. The van der Waals surface area contributed by atoms with Gasteiger partial charge in [-0.15, -0.1) is 0 Å². The van der Waals surface area contributed by atoms with Gasteiger partial charge in [-0.2, -0.15) is 0 Å². The van der Waals surface area contributed by atoms with Gasteiger partial charge in [-0.3, -0.25) is 0 Å². The molecule has 0 saturated heterocycles. The van der Waals surface area contributed by atoms with Gasteiger partial charge >= 0.3 is 0 Å². The first kappa shape index (κ1) is 8.79. The van der Waals surface area contributed by atoms with Crippen LogP contribution < -0.4 is 5.73 Å². The van der Waals surface area contributed by atoms with E-state index >= 15 is 0 Å². The second-order valence-corrected chi connectivity index (χ2v) is 3.62. The Morgan fingerprint density at radius 1 is 1.55 bits per heavy atom. The Labute approximate surface area is 69.7 Å². The molecule has 0 aromatic carbocycles. The Morgan fingerprint density at radius 2 is 2.36 bits per heavy atom. The van der Waals surface area contributed by atoms with Gasteiger partial charge in [0.25, 0.3) is 0 Å². The van der Waals surface area contributed by atoms with Crippen molar-refractivity contribution in [3.8, 4) is 0 Å². The first-order chi connectivity index (χ1) is 5.33. The Morgan fingerprint density at radius 3 is 3.09 bits per heavy atom. The molecule has 1 nitrogen and oxygen atoms in total. The van der Waals surface area contributed by atoms with E-state index in [0.29, 0.717) is 0 Å². The lowest BCUT2D eigenvalue weighted by atomic mass is 9.92. The molecular weight excluding hydrogens is 134 g/mol. The van der Waals surface area contributed by atoms with E-state index < -0.39 is 0 Å². The van der Waals surface area contributed by atoms with E-state index in [1.807, 2.05) is 0 Å². The summed E-state index contributed by atoms with van der Waals surface area (Å²) in [6.07, 6.45) is 8.88.